The standard InChI is InChI=1S/C70H52N4/c1-4-26-55(27-5-1)71(56-28-6-2-7-29-56)59-42-44-61-63(47-59)69(73-65-32-16-12-21-50(65)36-37-51-22-13-17-33-66(51)73)62-45-43-60(72(57-30-8-3-9-31-57)58-41-40-49-20-10-11-25-54(49)46-58)48-64(62)70(61)74-67-34-18-14-23-52(67)38-39-53-24-15-19-35-68(53)74/h1-35,40-48H,36-39H2. The summed E-state index contributed by atoms with van der Waals surface area (Å²) < 4.78 is 0. The van der Waals surface area contributed by atoms with Gasteiger partial charge in [-0.3, -0.25) is 0 Å². The highest BCUT2D eigenvalue weighted by Crippen LogP contribution is 2.56. The highest BCUT2D eigenvalue weighted by molar-refractivity contribution is 6.25. The SMILES string of the molecule is c1ccc(N(c2ccccc2)c2ccc3c(N4c5ccccc5CCc5ccccc54)c4cc(N(c5ccccc5)c5ccc6ccccc6c5)ccc4c(N4c5ccccc5CCc5ccccc54)c3c2)cc1. The monoisotopic (exact) mass is 948 g/mol. The Morgan fingerprint density at radius 1 is 0.230 bits per heavy atom. The van der Waals surface area contributed by atoms with Gasteiger partial charge in [-0.1, -0.05) is 170 Å². The lowest BCUT2D eigenvalue weighted by molar-refractivity contribution is 0.977. The molecule has 0 radical (unpaired) electrons. The zero-order chi connectivity index (χ0) is 49.0. The Kier molecular flexibility index (Phi) is 10.8. The summed E-state index contributed by atoms with van der Waals surface area (Å²) in [5.41, 5.74) is 19.0. The number of benzene rings is 12. The average Bonchev–Trinajstić information content (AvgIpc) is 3.77. The van der Waals surface area contributed by atoms with Gasteiger partial charge in [0.2, 0.25) is 0 Å². The molecule has 0 aromatic heterocycles. The molecule has 0 atom stereocenters. The first kappa shape index (κ1) is 43.4. The lowest BCUT2D eigenvalue weighted by Crippen LogP contribution is -2.17. The van der Waals surface area contributed by atoms with Crippen LogP contribution in [0.25, 0.3) is 32.3 Å². The largest absolute Gasteiger partial charge is 0.310 e. The van der Waals surface area contributed by atoms with E-state index < -0.39 is 0 Å². The summed E-state index contributed by atoms with van der Waals surface area (Å²) in [4.78, 5) is 10.0. The molecule has 0 amide bonds. The smallest absolute Gasteiger partial charge is 0.0621 e. The van der Waals surface area contributed by atoms with Gasteiger partial charge in [0.15, 0.2) is 0 Å². The van der Waals surface area contributed by atoms with Crippen molar-refractivity contribution in [3.8, 4) is 0 Å². The second kappa shape index (κ2) is 18.3. The molecular weight excluding hydrogens is 897 g/mol. The molecule has 0 unspecified atom stereocenters. The van der Waals surface area contributed by atoms with Crippen LogP contribution in [0.4, 0.5) is 68.2 Å². The van der Waals surface area contributed by atoms with Gasteiger partial charge in [0.25, 0.3) is 0 Å². The van der Waals surface area contributed by atoms with E-state index in [1.807, 2.05) is 0 Å². The van der Waals surface area contributed by atoms with E-state index in [4.69, 9.17) is 0 Å². The van der Waals surface area contributed by atoms with Crippen LogP contribution >= 0.6 is 0 Å². The topological polar surface area (TPSA) is 13.0 Å². The van der Waals surface area contributed by atoms with Crippen LogP contribution in [0, 0.1) is 0 Å². The summed E-state index contributed by atoms with van der Waals surface area (Å²) in [5, 5.41) is 7.07. The number of aryl methyl sites for hydroxylation is 4. The quantitative estimate of drug-likeness (QED) is 0.141. The van der Waals surface area contributed by atoms with Gasteiger partial charge in [-0.15, -0.1) is 0 Å². The van der Waals surface area contributed by atoms with E-state index in [9.17, 15) is 0 Å². The Balaban J connectivity index is 1.16. The zero-order valence-corrected chi connectivity index (χ0v) is 41.0. The first-order valence-corrected chi connectivity index (χ1v) is 25.9. The maximum absolute atomic E-state index is 2.61. The van der Waals surface area contributed by atoms with Gasteiger partial charge in [-0.05, 0) is 156 Å². The third-order valence-corrected chi connectivity index (χ3v) is 15.3. The molecule has 0 aliphatic carbocycles. The van der Waals surface area contributed by atoms with Crippen LogP contribution in [0.15, 0.2) is 267 Å². The molecule has 2 heterocycles. The molecule has 12 aromatic rings. The van der Waals surface area contributed by atoms with E-state index in [1.54, 1.807) is 0 Å². The fraction of sp³-hybridized carbons (Fsp3) is 0.0571. The van der Waals surface area contributed by atoms with Crippen LogP contribution in [-0.4, -0.2) is 0 Å². The predicted molar refractivity (Wildman–Crippen MR) is 313 cm³/mol. The minimum absolute atomic E-state index is 0.946. The highest BCUT2D eigenvalue weighted by atomic mass is 15.2. The van der Waals surface area contributed by atoms with Crippen molar-refractivity contribution in [1.29, 1.82) is 0 Å². The zero-order valence-electron chi connectivity index (χ0n) is 41.0. The number of hydrogen-bond acceptors (Lipinski definition) is 4. The minimum atomic E-state index is 0.946. The number of nitrogens with zero attached hydrogens (tertiary/aromatic N) is 4. The molecule has 2 aliphatic heterocycles. The number of rotatable bonds is 8. The van der Waals surface area contributed by atoms with Crippen LogP contribution < -0.4 is 19.6 Å². The van der Waals surface area contributed by atoms with Crippen molar-refractivity contribution in [3.05, 3.63) is 289 Å². The maximum Gasteiger partial charge on any atom is 0.0621 e. The van der Waals surface area contributed by atoms with E-state index in [-0.39, 0.29) is 0 Å². The Bertz CT molecular complexity index is 3920. The lowest BCUT2D eigenvalue weighted by Gasteiger charge is -2.35. The molecule has 0 saturated heterocycles. The maximum atomic E-state index is 2.61. The molecule has 0 fully saturated rings. The molecule has 4 heteroatoms. The highest BCUT2D eigenvalue weighted by Gasteiger charge is 2.32. The van der Waals surface area contributed by atoms with Gasteiger partial charge in [0.05, 0.1) is 11.4 Å². The van der Waals surface area contributed by atoms with Crippen molar-refractivity contribution in [2.45, 2.75) is 25.7 Å². The van der Waals surface area contributed by atoms with Gasteiger partial charge in [-0.25, -0.2) is 0 Å². The number of hydrogen-bond donors (Lipinski definition) is 0. The van der Waals surface area contributed by atoms with Crippen molar-refractivity contribution in [2.75, 3.05) is 19.6 Å². The molecule has 0 bridgehead atoms. The molecule has 0 N–H and O–H groups in total. The summed E-state index contributed by atoms with van der Waals surface area (Å²) in [6.45, 7) is 0. The van der Waals surface area contributed by atoms with E-state index in [2.05, 4.69) is 287 Å². The summed E-state index contributed by atoms with van der Waals surface area (Å²) in [6, 6.07) is 98.8. The van der Waals surface area contributed by atoms with Gasteiger partial charge in [-0.2, -0.15) is 0 Å². The third-order valence-electron chi connectivity index (χ3n) is 15.3. The average molecular weight is 949 g/mol. The van der Waals surface area contributed by atoms with E-state index >= 15 is 0 Å². The van der Waals surface area contributed by atoms with Gasteiger partial charge < -0.3 is 19.6 Å². The van der Waals surface area contributed by atoms with Crippen LogP contribution in [0.3, 0.4) is 0 Å². The van der Waals surface area contributed by atoms with Crippen LogP contribution in [0.1, 0.15) is 22.3 Å². The molecular formula is C70H52N4. The number of fused-ring (bicyclic) bond motifs is 7. The first-order chi connectivity index (χ1) is 36.7. The molecule has 2 aliphatic rings. The Morgan fingerprint density at radius 2 is 0.541 bits per heavy atom. The molecule has 4 nitrogen and oxygen atoms in total. The number of para-hydroxylation sites is 7. The second-order valence-electron chi connectivity index (χ2n) is 19.6. The fourth-order valence-electron chi connectivity index (χ4n) is 11.9. The van der Waals surface area contributed by atoms with Crippen molar-refractivity contribution in [3.63, 3.8) is 0 Å². The summed E-state index contributed by atoms with van der Waals surface area (Å²) in [5.74, 6) is 0. The van der Waals surface area contributed by atoms with E-state index in [0.29, 0.717) is 0 Å². The molecule has 0 saturated carbocycles. The Labute approximate surface area is 432 Å². The summed E-state index contributed by atoms with van der Waals surface area (Å²) in [6.07, 6.45) is 3.78. The fourth-order valence-corrected chi connectivity index (χ4v) is 11.9. The lowest BCUT2D eigenvalue weighted by atomic mass is 9.93. The molecule has 14 rings (SSSR count). The summed E-state index contributed by atoms with van der Waals surface area (Å²) in [7, 11) is 0. The molecule has 12 aromatic carbocycles. The molecule has 352 valence electrons. The van der Waals surface area contributed by atoms with Crippen molar-refractivity contribution in [1.82, 2.24) is 0 Å². The molecule has 0 spiro atoms. The van der Waals surface area contributed by atoms with Gasteiger partial charge >= 0.3 is 0 Å². The minimum Gasteiger partial charge on any atom is -0.310 e. The van der Waals surface area contributed by atoms with Crippen molar-refractivity contribution >= 4 is 101 Å². The van der Waals surface area contributed by atoms with E-state index in [1.165, 1.54) is 55.8 Å². The molecule has 74 heavy (non-hydrogen) atoms. The van der Waals surface area contributed by atoms with Crippen molar-refractivity contribution < 1.29 is 0 Å². The normalized spacial score (nSPS) is 12.9. The van der Waals surface area contributed by atoms with Crippen LogP contribution in [0.5, 0.6) is 0 Å². The third kappa shape index (κ3) is 7.45. The number of anilines is 12. The second-order valence-corrected chi connectivity index (χ2v) is 19.6. The van der Waals surface area contributed by atoms with Gasteiger partial charge in [0, 0.05) is 78.4 Å². The van der Waals surface area contributed by atoms with Crippen molar-refractivity contribution in [2.24, 2.45) is 0 Å². The Hall–Kier alpha value is -9.38. The van der Waals surface area contributed by atoms with Gasteiger partial charge in [0.1, 0.15) is 0 Å². The summed E-state index contributed by atoms with van der Waals surface area (Å²) >= 11 is 0. The Morgan fingerprint density at radius 3 is 0.946 bits per heavy atom. The van der Waals surface area contributed by atoms with E-state index in [0.717, 1.165) is 92.7 Å². The predicted octanol–water partition coefficient (Wildman–Crippen LogP) is 19.2. The first-order valence-electron chi connectivity index (χ1n) is 25.9. The van der Waals surface area contributed by atoms with Crippen LogP contribution in [-0.2, 0) is 25.7 Å². The van der Waals surface area contributed by atoms with Crippen LogP contribution in [0.2, 0.25) is 0 Å².